The molecule has 0 aliphatic carbocycles. The summed E-state index contributed by atoms with van der Waals surface area (Å²) in [5.74, 6) is -0.196. The minimum absolute atomic E-state index is 0.0818. The summed E-state index contributed by atoms with van der Waals surface area (Å²) in [5, 5.41) is 0.179. The third-order valence-corrected chi connectivity index (χ3v) is 3.34. The van der Waals surface area contributed by atoms with Crippen molar-refractivity contribution in [3.63, 3.8) is 0 Å². The molecule has 1 aliphatic heterocycles. The Bertz CT molecular complexity index is 422. The van der Waals surface area contributed by atoms with Crippen molar-refractivity contribution in [2.75, 3.05) is 6.61 Å². The summed E-state index contributed by atoms with van der Waals surface area (Å²) < 4.78 is 18.9. The summed E-state index contributed by atoms with van der Waals surface area (Å²) in [6.07, 6.45) is 4.10. The predicted octanol–water partition coefficient (Wildman–Crippen LogP) is 3.67. The van der Waals surface area contributed by atoms with Gasteiger partial charge in [-0.2, -0.15) is 0 Å². The van der Waals surface area contributed by atoms with E-state index in [1.165, 1.54) is 0 Å². The van der Waals surface area contributed by atoms with Gasteiger partial charge in [-0.15, -0.1) is 0 Å². The third-order valence-electron chi connectivity index (χ3n) is 3.05. The van der Waals surface area contributed by atoms with Crippen LogP contribution in [-0.4, -0.2) is 19.0 Å². The van der Waals surface area contributed by atoms with Crippen molar-refractivity contribution < 1.29 is 9.13 Å². The van der Waals surface area contributed by atoms with Crippen LogP contribution >= 0.6 is 11.6 Å². The molecule has 0 spiro atoms. The number of ether oxygens (including phenoxy) is 1. The molecule has 2 rings (SSSR count). The van der Waals surface area contributed by atoms with Gasteiger partial charge in [0.2, 0.25) is 0 Å². The van der Waals surface area contributed by atoms with E-state index in [4.69, 9.17) is 16.3 Å². The van der Waals surface area contributed by atoms with Gasteiger partial charge in [0.25, 0.3) is 6.40 Å². The summed E-state index contributed by atoms with van der Waals surface area (Å²) in [6, 6.07) is 5.22. The molecule has 0 aromatic heterocycles. The molecule has 0 amide bonds. The lowest BCUT2D eigenvalue weighted by molar-refractivity contribution is 0.313. The molecule has 1 radical (unpaired) electrons. The lowest BCUT2D eigenvalue weighted by atomic mass is 9.90. The average Bonchev–Trinajstić information content (AvgIpc) is 2.83. The maximum Gasteiger partial charge on any atom is 0.273 e. The Balaban J connectivity index is 2.16. The Morgan fingerprint density at radius 1 is 1.65 bits per heavy atom. The topological polar surface area (TPSA) is 21.6 Å². The number of halogens is 2. The summed E-state index contributed by atoms with van der Waals surface area (Å²) >= 11 is 5.80. The number of benzene rings is 1. The Hall–Kier alpha value is -1.09. The second-order valence-corrected chi connectivity index (χ2v) is 4.58. The molecule has 0 bridgehead atoms. The monoisotopic (exact) mass is 254 g/mol. The number of nitrogens with zero attached hydrogens (tertiary/aromatic N) is 1. The van der Waals surface area contributed by atoms with E-state index in [1.807, 2.05) is 6.92 Å². The Labute approximate surface area is 105 Å². The highest BCUT2D eigenvalue weighted by Gasteiger charge is 2.22. The molecule has 17 heavy (non-hydrogen) atoms. The van der Waals surface area contributed by atoms with Crippen molar-refractivity contribution in [2.24, 2.45) is 4.99 Å². The number of hydrogen-bond acceptors (Lipinski definition) is 2. The fraction of sp³-hybridized carbons (Fsp3) is 0.462. The number of aliphatic imine (C=N–C) groups is 1. The van der Waals surface area contributed by atoms with Crippen molar-refractivity contribution in [1.82, 2.24) is 0 Å². The van der Waals surface area contributed by atoms with Gasteiger partial charge in [0.1, 0.15) is 12.4 Å². The standard InChI is InChI=1S/C13H14ClFNO/c1-2-9(6-10-7-17-8-16-10)11-4-3-5-12(14)13(11)15/h3-5,9-10H,2,6-7H2,1H3. The van der Waals surface area contributed by atoms with Crippen molar-refractivity contribution in [1.29, 1.82) is 0 Å². The van der Waals surface area contributed by atoms with Gasteiger partial charge in [0, 0.05) is 0 Å². The van der Waals surface area contributed by atoms with Crippen LogP contribution < -0.4 is 0 Å². The van der Waals surface area contributed by atoms with Crippen molar-refractivity contribution in [2.45, 2.75) is 31.7 Å². The smallest absolute Gasteiger partial charge is 0.273 e. The maximum absolute atomic E-state index is 13.9. The molecule has 1 aliphatic rings. The molecular weight excluding hydrogens is 241 g/mol. The van der Waals surface area contributed by atoms with Gasteiger partial charge < -0.3 is 4.74 Å². The summed E-state index contributed by atoms with van der Waals surface area (Å²) in [4.78, 5) is 4.07. The Kier molecular flexibility index (Phi) is 4.00. The first-order valence-corrected chi connectivity index (χ1v) is 6.10. The highest BCUT2D eigenvalue weighted by molar-refractivity contribution is 6.30. The van der Waals surface area contributed by atoms with Crippen LogP contribution in [0, 0.1) is 5.82 Å². The van der Waals surface area contributed by atoms with Gasteiger partial charge in [-0.05, 0) is 30.4 Å². The van der Waals surface area contributed by atoms with Crippen LogP contribution in [0.5, 0.6) is 0 Å². The molecular formula is C13H14ClFNO. The van der Waals surface area contributed by atoms with E-state index in [0.29, 0.717) is 12.2 Å². The molecule has 2 nitrogen and oxygen atoms in total. The fourth-order valence-electron chi connectivity index (χ4n) is 2.08. The number of hydrogen-bond donors (Lipinski definition) is 0. The Morgan fingerprint density at radius 3 is 3.12 bits per heavy atom. The zero-order valence-corrected chi connectivity index (χ0v) is 10.4. The molecule has 2 unspecified atom stereocenters. The van der Waals surface area contributed by atoms with Crippen LogP contribution in [0.3, 0.4) is 0 Å². The number of rotatable bonds is 4. The van der Waals surface area contributed by atoms with Crippen LogP contribution in [0.25, 0.3) is 0 Å². The van der Waals surface area contributed by atoms with Gasteiger partial charge in [-0.1, -0.05) is 30.7 Å². The van der Waals surface area contributed by atoms with Gasteiger partial charge in [0.05, 0.1) is 11.1 Å². The van der Waals surface area contributed by atoms with Gasteiger partial charge in [0.15, 0.2) is 0 Å². The minimum atomic E-state index is -0.312. The summed E-state index contributed by atoms with van der Waals surface area (Å²) in [5.41, 5.74) is 0.669. The largest absolute Gasteiger partial charge is 0.472 e. The van der Waals surface area contributed by atoms with Gasteiger partial charge in [-0.25, -0.2) is 9.38 Å². The van der Waals surface area contributed by atoms with E-state index in [1.54, 1.807) is 18.2 Å². The van der Waals surface area contributed by atoms with Gasteiger partial charge in [-0.3, -0.25) is 0 Å². The molecule has 91 valence electrons. The molecule has 2 atom stereocenters. The van der Waals surface area contributed by atoms with E-state index in [9.17, 15) is 4.39 Å². The summed E-state index contributed by atoms with van der Waals surface area (Å²) in [7, 11) is 0. The minimum Gasteiger partial charge on any atom is -0.472 e. The molecule has 0 N–H and O–H groups in total. The molecule has 0 fully saturated rings. The van der Waals surface area contributed by atoms with E-state index < -0.39 is 0 Å². The fourth-order valence-corrected chi connectivity index (χ4v) is 2.26. The second kappa shape index (κ2) is 5.50. The lowest BCUT2D eigenvalue weighted by Crippen LogP contribution is -2.13. The first-order chi connectivity index (χ1) is 8.22. The van der Waals surface area contributed by atoms with Crippen LogP contribution in [-0.2, 0) is 4.74 Å². The first kappa shape index (κ1) is 12.4. The normalized spacial score (nSPS) is 20.3. The maximum atomic E-state index is 13.9. The van der Waals surface area contributed by atoms with E-state index >= 15 is 0 Å². The van der Waals surface area contributed by atoms with Crippen LogP contribution in [0.1, 0.15) is 31.2 Å². The Morgan fingerprint density at radius 2 is 2.47 bits per heavy atom. The second-order valence-electron chi connectivity index (χ2n) is 4.17. The van der Waals surface area contributed by atoms with E-state index in [0.717, 1.165) is 12.8 Å². The van der Waals surface area contributed by atoms with E-state index in [-0.39, 0.29) is 22.8 Å². The lowest BCUT2D eigenvalue weighted by Gasteiger charge is -2.18. The SMILES string of the molecule is CCC(CC1CO[C]=N1)c1cccc(Cl)c1F. The highest BCUT2D eigenvalue weighted by Crippen LogP contribution is 2.31. The molecule has 0 saturated heterocycles. The van der Waals surface area contributed by atoms with Crippen molar-refractivity contribution in [3.8, 4) is 0 Å². The average molecular weight is 255 g/mol. The van der Waals surface area contributed by atoms with E-state index in [2.05, 4.69) is 11.4 Å². The molecule has 1 aromatic carbocycles. The summed E-state index contributed by atoms with van der Waals surface area (Å²) in [6.45, 7) is 2.58. The quantitative estimate of drug-likeness (QED) is 0.803. The highest BCUT2D eigenvalue weighted by atomic mass is 35.5. The van der Waals surface area contributed by atoms with Crippen molar-refractivity contribution >= 4 is 18.0 Å². The molecule has 4 heteroatoms. The van der Waals surface area contributed by atoms with Crippen molar-refractivity contribution in [3.05, 3.63) is 34.6 Å². The molecule has 1 heterocycles. The molecule has 0 saturated carbocycles. The first-order valence-electron chi connectivity index (χ1n) is 5.73. The van der Waals surface area contributed by atoms with Crippen LogP contribution in [0.15, 0.2) is 23.2 Å². The van der Waals surface area contributed by atoms with Crippen LogP contribution in [0.4, 0.5) is 4.39 Å². The third kappa shape index (κ3) is 2.78. The predicted molar refractivity (Wildman–Crippen MR) is 66.2 cm³/mol. The molecule has 1 aromatic rings. The van der Waals surface area contributed by atoms with Crippen LogP contribution in [0.2, 0.25) is 5.02 Å². The zero-order chi connectivity index (χ0) is 12.3. The van der Waals surface area contributed by atoms with Gasteiger partial charge >= 0.3 is 0 Å². The zero-order valence-electron chi connectivity index (χ0n) is 9.62.